The lowest BCUT2D eigenvalue weighted by atomic mass is 10.1. The van der Waals surface area contributed by atoms with E-state index in [1.165, 1.54) is 4.90 Å². The van der Waals surface area contributed by atoms with Crippen molar-refractivity contribution in [2.45, 2.75) is 19.4 Å². The minimum atomic E-state index is -0.203. The van der Waals surface area contributed by atoms with E-state index in [4.69, 9.17) is 4.74 Å². The van der Waals surface area contributed by atoms with Crippen molar-refractivity contribution in [2.75, 3.05) is 20.7 Å². The predicted molar refractivity (Wildman–Crippen MR) is 75.3 cm³/mol. The zero-order chi connectivity index (χ0) is 14.7. The van der Waals surface area contributed by atoms with E-state index >= 15 is 0 Å². The SMILES string of the molecule is CNC(CN1C(=O)CC(C)C1=O)c1cccc(OC)c1. The first-order valence-electron chi connectivity index (χ1n) is 6.72. The van der Waals surface area contributed by atoms with Crippen LogP contribution in [0.25, 0.3) is 0 Å². The highest BCUT2D eigenvalue weighted by atomic mass is 16.5. The number of likely N-dealkylation sites (N-methyl/N-ethyl adjacent to an activating group) is 1. The van der Waals surface area contributed by atoms with Crippen molar-refractivity contribution < 1.29 is 14.3 Å². The molecule has 1 aliphatic rings. The molecule has 0 aromatic heterocycles. The molecule has 5 heteroatoms. The van der Waals surface area contributed by atoms with Gasteiger partial charge in [0.05, 0.1) is 13.2 Å². The maximum Gasteiger partial charge on any atom is 0.232 e. The van der Waals surface area contributed by atoms with Gasteiger partial charge >= 0.3 is 0 Å². The van der Waals surface area contributed by atoms with E-state index in [0.717, 1.165) is 11.3 Å². The second-order valence-corrected chi connectivity index (χ2v) is 5.07. The minimum Gasteiger partial charge on any atom is -0.497 e. The van der Waals surface area contributed by atoms with Gasteiger partial charge in [0.2, 0.25) is 11.8 Å². The summed E-state index contributed by atoms with van der Waals surface area (Å²) < 4.78 is 5.20. The molecule has 2 atom stereocenters. The first kappa shape index (κ1) is 14.5. The summed E-state index contributed by atoms with van der Waals surface area (Å²) in [7, 11) is 3.43. The molecule has 0 aliphatic carbocycles. The molecule has 1 aliphatic heterocycles. The van der Waals surface area contributed by atoms with Gasteiger partial charge in [0, 0.05) is 18.9 Å². The first-order valence-corrected chi connectivity index (χ1v) is 6.72. The number of hydrogen-bond donors (Lipinski definition) is 1. The Labute approximate surface area is 118 Å². The monoisotopic (exact) mass is 276 g/mol. The number of likely N-dealkylation sites (tertiary alicyclic amines) is 1. The zero-order valence-electron chi connectivity index (χ0n) is 12.1. The molecule has 108 valence electrons. The number of nitrogens with one attached hydrogen (secondary N) is 1. The molecule has 1 N–H and O–H groups in total. The van der Waals surface area contributed by atoms with Crippen molar-refractivity contribution in [1.29, 1.82) is 0 Å². The summed E-state index contributed by atoms with van der Waals surface area (Å²) in [5.74, 6) is 0.379. The number of methoxy groups -OCH3 is 1. The fraction of sp³-hybridized carbons (Fsp3) is 0.467. The Hall–Kier alpha value is -1.88. The molecule has 0 saturated carbocycles. The van der Waals surface area contributed by atoms with Gasteiger partial charge in [0.1, 0.15) is 5.75 Å². The van der Waals surface area contributed by atoms with E-state index in [2.05, 4.69) is 5.32 Å². The molecule has 2 rings (SSSR count). The first-order chi connectivity index (χ1) is 9.56. The molecule has 5 nitrogen and oxygen atoms in total. The number of carbonyl (C=O) groups is 2. The highest BCUT2D eigenvalue weighted by Gasteiger charge is 2.36. The van der Waals surface area contributed by atoms with Gasteiger partial charge in [-0.15, -0.1) is 0 Å². The largest absolute Gasteiger partial charge is 0.497 e. The lowest BCUT2D eigenvalue weighted by Gasteiger charge is -2.23. The third kappa shape index (κ3) is 2.82. The molecule has 2 unspecified atom stereocenters. The van der Waals surface area contributed by atoms with Crippen molar-refractivity contribution in [1.82, 2.24) is 10.2 Å². The number of hydrogen-bond acceptors (Lipinski definition) is 4. The van der Waals surface area contributed by atoms with Crippen LogP contribution in [0.2, 0.25) is 0 Å². The average molecular weight is 276 g/mol. The number of nitrogens with zero attached hydrogens (tertiary/aromatic N) is 1. The Balaban J connectivity index is 2.16. The van der Waals surface area contributed by atoms with Gasteiger partial charge in [-0.05, 0) is 24.7 Å². The van der Waals surface area contributed by atoms with Crippen molar-refractivity contribution in [3.8, 4) is 5.75 Å². The van der Waals surface area contributed by atoms with Crippen LogP contribution >= 0.6 is 0 Å². The molecular weight excluding hydrogens is 256 g/mol. The molecule has 0 radical (unpaired) electrons. The van der Waals surface area contributed by atoms with Gasteiger partial charge in [-0.1, -0.05) is 19.1 Å². The van der Waals surface area contributed by atoms with Gasteiger partial charge in [0.25, 0.3) is 0 Å². The summed E-state index contributed by atoms with van der Waals surface area (Å²) in [6.45, 7) is 2.14. The molecule has 0 bridgehead atoms. The van der Waals surface area contributed by atoms with Crippen LogP contribution in [0.3, 0.4) is 0 Å². The highest BCUT2D eigenvalue weighted by Crippen LogP contribution is 2.24. The summed E-state index contributed by atoms with van der Waals surface area (Å²) in [5.41, 5.74) is 0.993. The van der Waals surface area contributed by atoms with E-state index in [0.29, 0.717) is 13.0 Å². The Bertz CT molecular complexity index is 516. The van der Waals surface area contributed by atoms with Gasteiger partial charge in [-0.3, -0.25) is 14.5 Å². The van der Waals surface area contributed by atoms with E-state index in [-0.39, 0.29) is 23.8 Å². The van der Waals surface area contributed by atoms with Crippen LogP contribution in [0, 0.1) is 5.92 Å². The zero-order valence-corrected chi connectivity index (χ0v) is 12.1. The van der Waals surface area contributed by atoms with E-state index < -0.39 is 0 Å². The highest BCUT2D eigenvalue weighted by molar-refractivity contribution is 6.03. The minimum absolute atomic E-state index is 0.0850. The fourth-order valence-electron chi connectivity index (χ4n) is 2.44. The lowest BCUT2D eigenvalue weighted by molar-refractivity contribution is -0.139. The van der Waals surface area contributed by atoms with Crippen LogP contribution in [0.15, 0.2) is 24.3 Å². The van der Waals surface area contributed by atoms with Crippen LogP contribution in [0.1, 0.15) is 24.9 Å². The quantitative estimate of drug-likeness (QED) is 0.825. The molecule has 1 heterocycles. The smallest absolute Gasteiger partial charge is 0.232 e. The Morgan fingerprint density at radius 1 is 1.45 bits per heavy atom. The van der Waals surface area contributed by atoms with Crippen LogP contribution in [-0.4, -0.2) is 37.4 Å². The molecule has 1 fully saturated rings. The predicted octanol–water partition coefficient (Wildman–Crippen LogP) is 1.35. The second-order valence-electron chi connectivity index (χ2n) is 5.07. The van der Waals surface area contributed by atoms with Crippen LogP contribution < -0.4 is 10.1 Å². The van der Waals surface area contributed by atoms with E-state index in [9.17, 15) is 9.59 Å². The van der Waals surface area contributed by atoms with Crippen LogP contribution in [0.4, 0.5) is 0 Å². The van der Waals surface area contributed by atoms with Crippen LogP contribution in [-0.2, 0) is 9.59 Å². The van der Waals surface area contributed by atoms with Gasteiger partial charge in [-0.2, -0.15) is 0 Å². The molecule has 1 aromatic rings. The average Bonchev–Trinajstić information content (AvgIpc) is 2.70. The molecule has 1 saturated heterocycles. The number of ether oxygens (including phenoxy) is 1. The maximum absolute atomic E-state index is 12.0. The Kier molecular flexibility index (Phi) is 4.39. The molecular formula is C15H20N2O3. The molecule has 0 spiro atoms. The maximum atomic E-state index is 12.0. The van der Waals surface area contributed by atoms with E-state index in [1.54, 1.807) is 14.0 Å². The van der Waals surface area contributed by atoms with Crippen molar-refractivity contribution in [3.63, 3.8) is 0 Å². The summed E-state index contributed by atoms with van der Waals surface area (Å²) >= 11 is 0. The Morgan fingerprint density at radius 3 is 2.75 bits per heavy atom. The molecule has 20 heavy (non-hydrogen) atoms. The second kappa shape index (κ2) is 6.05. The number of benzene rings is 1. The van der Waals surface area contributed by atoms with Gasteiger partial charge in [-0.25, -0.2) is 0 Å². The van der Waals surface area contributed by atoms with Gasteiger partial charge < -0.3 is 10.1 Å². The number of carbonyl (C=O) groups excluding carboxylic acids is 2. The molecule has 2 amide bonds. The molecule has 1 aromatic carbocycles. The normalized spacial score (nSPS) is 20.4. The summed E-state index contributed by atoms with van der Waals surface area (Å²) in [4.78, 5) is 25.2. The van der Waals surface area contributed by atoms with Crippen LogP contribution in [0.5, 0.6) is 5.75 Å². The number of imide groups is 1. The lowest BCUT2D eigenvalue weighted by Crippen LogP contribution is -2.38. The Morgan fingerprint density at radius 2 is 2.20 bits per heavy atom. The topological polar surface area (TPSA) is 58.6 Å². The number of rotatable bonds is 5. The third-order valence-corrected chi connectivity index (χ3v) is 3.68. The number of amides is 2. The summed E-state index contributed by atoms with van der Waals surface area (Å²) in [6, 6.07) is 7.54. The third-order valence-electron chi connectivity index (χ3n) is 3.68. The van der Waals surface area contributed by atoms with Gasteiger partial charge in [0.15, 0.2) is 0 Å². The van der Waals surface area contributed by atoms with Crippen molar-refractivity contribution in [3.05, 3.63) is 29.8 Å². The summed E-state index contributed by atoms with van der Waals surface area (Å²) in [5, 5.41) is 3.15. The van der Waals surface area contributed by atoms with E-state index in [1.807, 2.05) is 31.3 Å². The van der Waals surface area contributed by atoms with Crippen molar-refractivity contribution in [2.24, 2.45) is 5.92 Å². The standard InChI is InChI=1S/C15H20N2O3/c1-10-7-14(18)17(15(10)19)9-13(16-2)11-5-4-6-12(8-11)20-3/h4-6,8,10,13,16H,7,9H2,1-3H3. The summed E-state index contributed by atoms with van der Waals surface area (Å²) in [6.07, 6.45) is 0.313. The van der Waals surface area contributed by atoms with Crippen molar-refractivity contribution >= 4 is 11.8 Å². The fourth-order valence-corrected chi connectivity index (χ4v) is 2.44.